The number of amides is 1. The summed E-state index contributed by atoms with van der Waals surface area (Å²) in [6.07, 6.45) is -5.88. The van der Waals surface area contributed by atoms with Gasteiger partial charge in [-0.15, -0.1) is 12.4 Å². The van der Waals surface area contributed by atoms with Crippen LogP contribution in [-0.2, 0) is 15.7 Å². The Labute approximate surface area is 161 Å². The number of nitrogens with one attached hydrogen (secondary N) is 1. The molecule has 0 aliphatic carbocycles. The number of benzene rings is 1. The summed E-state index contributed by atoms with van der Waals surface area (Å²) in [6, 6.07) is 5.10. The number of hydrogen-bond acceptors (Lipinski definition) is 5. The highest BCUT2D eigenvalue weighted by Crippen LogP contribution is 2.36. The first-order valence-electron chi connectivity index (χ1n) is 8.34. The van der Waals surface area contributed by atoms with Crippen LogP contribution in [0.3, 0.4) is 0 Å². The highest BCUT2D eigenvalue weighted by atomic mass is 35.5. The van der Waals surface area contributed by atoms with E-state index in [1.165, 1.54) is 6.07 Å². The van der Waals surface area contributed by atoms with E-state index in [-0.39, 0.29) is 30.5 Å². The fourth-order valence-corrected chi connectivity index (χ4v) is 3.26. The number of rotatable bonds is 2. The molecule has 1 aromatic carbocycles. The van der Waals surface area contributed by atoms with Gasteiger partial charge in [0, 0.05) is 31.9 Å². The zero-order valence-corrected chi connectivity index (χ0v) is 15.4. The quantitative estimate of drug-likeness (QED) is 0.816. The lowest BCUT2D eigenvalue weighted by Gasteiger charge is -2.29. The molecule has 0 saturated carbocycles. The Hall–Kier alpha value is -2.02. The van der Waals surface area contributed by atoms with Gasteiger partial charge < -0.3 is 19.9 Å². The van der Waals surface area contributed by atoms with Crippen molar-refractivity contribution in [1.29, 1.82) is 5.26 Å². The summed E-state index contributed by atoms with van der Waals surface area (Å²) in [7, 11) is 0. The van der Waals surface area contributed by atoms with Crippen LogP contribution in [0.1, 0.15) is 18.1 Å². The number of piperazine rings is 1. The fourth-order valence-electron chi connectivity index (χ4n) is 3.26. The fraction of sp³-hybridized carbons (Fsp3) is 0.529. The lowest BCUT2D eigenvalue weighted by Crippen LogP contribution is -2.50. The molecule has 27 heavy (non-hydrogen) atoms. The van der Waals surface area contributed by atoms with Crippen molar-refractivity contribution in [1.82, 2.24) is 10.2 Å². The number of alkyl halides is 3. The first-order chi connectivity index (χ1) is 12.3. The average molecular weight is 405 g/mol. The van der Waals surface area contributed by atoms with Crippen molar-refractivity contribution in [3.05, 3.63) is 29.3 Å². The number of hydrogen-bond donors (Lipinski definition) is 1. The van der Waals surface area contributed by atoms with Crippen molar-refractivity contribution < 1.29 is 22.7 Å². The third-order valence-electron chi connectivity index (χ3n) is 4.63. The van der Waals surface area contributed by atoms with E-state index in [9.17, 15) is 18.0 Å². The van der Waals surface area contributed by atoms with Gasteiger partial charge in [0.2, 0.25) is 0 Å². The highest BCUT2D eigenvalue weighted by molar-refractivity contribution is 5.85. The molecule has 0 spiro atoms. The van der Waals surface area contributed by atoms with Crippen LogP contribution in [0, 0.1) is 11.3 Å². The summed E-state index contributed by atoms with van der Waals surface area (Å²) in [6.45, 7) is 4.46. The number of nitrogens with zero attached hydrogens (tertiary/aromatic N) is 3. The van der Waals surface area contributed by atoms with Gasteiger partial charge in [0.1, 0.15) is 6.23 Å². The number of nitriles is 1. The summed E-state index contributed by atoms with van der Waals surface area (Å²) in [5.74, 6) is -0.148. The normalized spacial score (nSPS) is 22.9. The highest BCUT2D eigenvalue weighted by Gasteiger charge is 2.39. The minimum atomic E-state index is -4.62. The van der Waals surface area contributed by atoms with Crippen molar-refractivity contribution in [3.63, 3.8) is 0 Å². The standard InChI is InChI=1S/C17H19F3N4O2.ClH/c1-11-24(10-15(26-11)16(25)23-6-4-22-5-7-23)13-3-2-12(9-21)14(8-13)17(18,19)20;/h2-3,8,11,15,22H,4-7,10H2,1H3;1H/t11-,15+;/m1./s1. The van der Waals surface area contributed by atoms with Crippen molar-refractivity contribution >= 4 is 24.0 Å². The molecule has 3 rings (SSSR count). The van der Waals surface area contributed by atoms with Crippen LogP contribution in [0.15, 0.2) is 18.2 Å². The van der Waals surface area contributed by atoms with Gasteiger partial charge >= 0.3 is 6.18 Å². The number of carbonyl (C=O) groups is 1. The van der Waals surface area contributed by atoms with Gasteiger partial charge in [0.05, 0.1) is 23.7 Å². The first-order valence-corrected chi connectivity index (χ1v) is 8.34. The Bertz CT molecular complexity index is 732. The van der Waals surface area contributed by atoms with Gasteiger partial charge in [-0.2, -0.15) is 18.4 Å². The Kier molecular flexibility index (Phi) is 6.57. The van der Waals surface area contributed by atoms with Gasteiger partial charge in [-0.3, -0.25) is 4.79 Å². The van der Waals surface area contributed by atoms with Crippen molar-refractivity contribution in [2.45, 2.75) is 25.4 Å². The minimum absolute atomic E-state index is 0. The topological polar surface area (TPSA) is 68.6 Å². The molecule has 2 aliphatic rings. The van der Waals surface area contributed by atoms with Gasteiger partial charge in [-0.1, -0.05) is 0 Å². The van der Waals surface area contributed by atoms with E-state index in [4.69, 9.17) is 10.00 Å². The number of halogens is 4. The molecule has 1 amide bonds. The van der Waals surface area contributed by atoms with E-state index in [1.807, 2.05) is 0 Å². The van der Waals surface area contributed by atoms with Crippen LogP contribution in [0.4, 0.5) is 18.9 Å². The van der Waals surface area contributed by atoms with Gasteiger partial charge in [0.25, 0.3) is 5.91 Å². The number of ether oxygens (including phenoxy) is 1. The number of carbonyl (C=O) groups excluding carboxylic acids is 1. The van der Waals surface area contributed by atoms with Crippen LogP contribution in [-0.4, -0.2) is 55.9 Å². The van der Waals surface area contributed by atoms with Crippen molar-refractivity contribution in [3.8, 4) is 6.07 Å². The summed E-state index contributed by atoms with van der Waals surface area (Å²) in [4.78, 5) is 15.9. The second-order valence-electron chi connectivity index (χ2n) is 6.29. The zero-order chi connectivity index (χ0) is 18.9. The third kappa shape index (κ3) is 4.46. The largest absolute Gasteiger partial charge is 0.417 e. The Morgan fingerprint density at radius 2 is 2.00 bits per heavy atom. The molecule has 1 aromatic rings. The molecule has 148 valence electrons. The lowest BCUT2D eigenvalue weighted by atomic mass is 10.1. The molecule has 0 radical (unpaired) electrons. The van der Waals surface area contributed by atoms with E-state index in [1.54, 1.807) is 22.8 Å². The second kappa shape index (κ2) is 8.33. The maximum atomic E-state index is 13.2. The summed E-state index contributed by atoms with van der Waals surface area (Å²) in [5, 5.41) is 12.1. The molecule has 1 N–H and O–H groups in total. The smallest absolute Gasteiger partial charge is 0.344 e. The van der Waals surface area contributed by atoms with Gasteiger partial charge in [-0.25, -0.2) is 0 Å². The van der Waals surface area contributed by atoms with E-state index in [0.717, 1.165) is 12.1 Å². The van der Waals surface area contributed by atoms with E-state index >= 15 is 0 Å². The Morgan fingerprint density at radius 1 is 1.33 bits per heavy atom. The molecule has 2 aliphatic heterocycles. The summed E-state index contributed by atoms with van der Waals surface area (Å²) >= 11 is 0. The molecule has 0 bridgehead atoms. The van der Waals surface area contributed by atoms with Gasteiger partial charge in [0.15, 0.2) is 6.10 Å². The van der Waals surface area contributed by atoms with Gasteiger partial charge in [-0.05, 0) is 25.1 Å². The van der Waals surface area contributed by atoms with Crippen LogP contribution in [0.5, 0.6) is 0 Å². The van der Waals surface area contributed by atoms with E-state index in [0.29, 0.717) is 26.2 Å². The first kappa shape index (κ1) is 21.3. The van der Waals surface area contributed by atoms with E-state index in [2.05, 4.69) is 5.32 Å². The minimum Gasteiger partial charge on any atom is -0.344 e. The molecular weight excluding hydrogens is 385 g/mol. The molecular formula is C17H20ClF3N4O2. The van der Waals surface area contributed by atoms with Crippen LogP contribution < -0.4 is 10.2 Å². The molecule has 2 fully saturated rings. The van der Waals surface area contributed by atoms with Crippen LogP contribution in [0.25, 0.3) is 0 Å². The molecule has 6 nitrogen and oxygen atoms in total. The maximum absolute atomic E-state index is 13.2. The molecule has 2 heterocycles. The van der Waals surface area contributed by atoms with Crippen molar-refractivity contribution in [2.24, 2.45) is 0 Å². The molecule has 2 atom stereocenters. The SMILES string of the molecule is C[C@H]1O[C@H](C(=O)N2CCNCC2)CN1c1ccc(C#N)c(C(F)(F)F)c1.Cl. The Morgan fingerprint density at radius 3 is 2.59 bits per heavy atom. The Balaban J connectivity index is 0.00000261. The number of anilines is 1. The lowest BCUT2D eigenvalue weighted by molar-refractivity contribution is -0.142. The maximum Gasteiger partial charge on any atom is 0.417 e. The molecule has 10 heteroatoms. The summed E-state index contributed by atoms with van der Waals surface area (Å²) < 4.78 is 45.2. The summed E-state index contributed by atoms with van der Waals surface area (Å²) in [5.41, 5.74) is -1.14. The van der Waals surface area contributed by atoms with Crippen LogP contribution >= 0.6 is 12.4 Å². The van der Waals surface area contributed by atoms with Crippen molar-refractivity contribution in [2.75, 3.05) is 37.6 Å². The zero-order valence-electron chi connectivity index (χ0n) is 14.6. The monoisotopic (exact) mass is 404 g/mol. The van der Waals surface area contributed by atoms with E-state index < -0.39 is 29.6 Å². The predicted molar refractivity (Wildman–Crippen MR) is 94.5 cm³/mol. The molecule has 2 saturated heterocycles. The molecule has 0 aromatic heterocycles. The second-order valence-corrected chi connectivity index (χ2v) is 6.29. The van der Waals surface area contributed by atoms with Crippen LogP contribution in [0.2, 0.25) is 0 Å². The average Bonchev–Trinajstić information content (AvgIpc) is 3.02. The molecule has 0 unspecified atom stereocenters. The predicted octanol–water partition coefficient (Wildman–Crippen LogP) is 1.98. The third-order valence-corrected chi connectivity index (χ3v) is 4.63.